The maximum Gasteiger partial charge on any atom is 0.319 e. The lowest BCUT2D eigenvalue weighted by atomic mass is 10.3. The van der Waals surface area contributed by atoms with Gasteiger partial charge in [0.2, 0.25) is 0 Å². The largest absolute Gasteiger partial charge is 0.494 e. The predicted octanol–water partition coefficient (Wildman–Crippen LogP) is 3.19. The Morgan fingerprint density at radius 1 is 1.13 bits per heavy atom. The summed E-state index contributed by atoms with van der Waals surface area (Å²) in [5.41, 5.74) is 0.302. The molecule has 0 spiro atoms. The van der Waals surface area contributed by atoms with E-state index in [2.05, 4.69) is 10.6 Å². The van der Waals surface area contributed by atoms with Gasteiger partial charge in [0.05, 0.1) is 11.5 Å². The number of urea groups is 1. The highest BCUT2D eigenvalue weighted by atomic mass is 16.6. The number of carbonyl (C=O) groups is 1. The summed E-state index contributed by atoms with van der Waals surface area (Å²) in [6.07, 6.45) is 0.650. The Hall–Kier alpha value is -3.09. The molecule has 0 saturated heterocycles. The molecule has 0 aliphatic carbocycles. The lowest BCUT2D eigenvalue weighted by Gasteiger charge is -2.08. The van der Waals surface area contributed by atoms with E-state index in [0.717, 1.165) is 5.75 Å². The lowest BCUT2D eigenvalue weighted by molar-refractivity contribution is -0.384. The van der Waals surface area contributed by atoms with Crippen LogP contribution in [0.3, 0.4) is 0 Å². The van der Waals surface area contributed by atoms with Gasteiger partial charge in [0, 0.05) is 24.4 Å². The number of para-hydroxylation sites is 1. The van der Waals surface area contributed by atoms with E-state index in [1.54, 1.807) is 6.07 Å². The van der Waals surface area contributed by atoms with Gasteiger partial charge in [-0.25, -0.2) is 4.79 Å². The van der Waals surface area contributed by atoms with E-state index < -0.39 is 11.0 Å². The molecule has 0 saturated carbocycles. The van der Waals surface area contributed by atoms with Gasteiger partial charge in [-0.15, -0.1) is 0 Å². The van der Waals surface area contributed by atoms with Crippen molar-refractivity contribution in [2.24, 2.45) is 0 Å². The number of ether oxygens (including phenoxy) is 1. The number of rotatable bonds is 7. The van der Waals surface area contributed by atoms with Gasteiger partial charge in [0.25, 0.3) is 5.69 Å². The van der Waals surface area contributed by atoms with Gasteiger partial charge in [0.1, 0.15) is 5.75 Å². The topological polar surface area (TPSA) is 93.5 Å². The number of hydrogen-bond acceptors (Lipinski definition) is 4. The van der Waals surface area contributed by atoms with Crippen molar-refractivity contribution >= 4 is 17.4 Å². The van der Waals surface area contributed by atoms with E-state index in [-0.39, 0.29) is 5.69 Å². The average Bonchev–Trinajstić information content (AvgIpc) is 2.55. The van der Waals surface area contributed by atoms with Crippen LogP contribution in [-0.2, 0) is 0 Å². The van der Waals surface area contributed by atoms with Crippen LogP contribution in [0.15, 0.2) is 54.6 Å². The number of benzene rings is 2. The smallest absolute Gasteiger partial charge is 0.319 e. The van der Waals surface area contributed by atoms with E-state index in [4.69, 9.17) is 4.74 Å². The highest BCUT2D eigenvalue weighted by Crippen LogP contribution is 2.16. The Kier molecular flexibility index (Phi) is 5.93. The van der Waals surface area contributed by atoms with Crippen LogP contribution in [0.25, 0.3) is 0 Å². The number of nitrogens with zero attached hydrogens (tertiary/aromatic N) is 1. The molecular formula is C16H17N3O4. The maximum absolute atomic E-state index is 11.7. The van der Waals surface area contributed by atoms with Crippen LogP contribution in [0.1, 0.15) is 6.42 Å². The minimum absolute atomic E-state index is 0.0703. The van der Waals surface area contributed by atoms with Crippen LogP contribution in [-0.4, -0.2) is 24.1 Å². The molecule has 2 aromatic rings. The second kappa shape index (κ2) is 8.38. The molecule has 120 valence electrons. The predicted molar refractivity (Wildman–Crippen MR) is 86.7 cm³/mol. The van der Waals surface area contributed by atoms with Crippen molar-refractivity contribution < 1.29 is 14.5 Å². The summed E-state index contributed by atoms with van der Waals surface area (Å²) in [7, 11) is 0. The SMILES string of the molecule is O=C(NCCCOc1ccccc1)Nc1cccc([N+](=O)[O-])c1. The second-order valence-corrected chi connectivity index (χ2v) is 4.70. The lowest BCUT2D eigenvalue weighted by Crippen LogP contribution is -2.30. The van der Waals surface area contributed by atoms with Crippen molar-refractivity contribution in [3.8, 4) is 5.75 Å². The molecule has 0 atom stereocenters. The number of nitro benzene ring substituents is 1. The van der Waals surface area contributed by atoms with Crippen molar-refractivity contribution in [3.05, 3.63) is 64.7 Å². The van der Waals surface area contributed by atoms with Gasteiger partial charge >= 0.3 is 6.03 Å². The molecule has 0 heterocycles. The normalized spacial score (nSPS) is 9.91. The summed E-state index contributed by atoms with van der Waals surface area (Å²) >= 11 is 0. The Morgan fingerprint density at radius 3 is 2.65 bits per heavy atom. The number of anilines is 1. The molecule has 7 heteroatoms. The van der Waals surface area contributed by atoms with Crippen LogP contribution in [0.5, 0.6) is 5.75 Å². The average molecular weight is 315 g/mol. The first-order valence-electron chi connectivity index (χ1n) is 7.12. The number of carbonyl (C=O) groups excluding carboxylic acids is 1. The summed E-state index contributed by atoms with van der Waals surface area (Å²) in [6.45, 7) is 0.925. The zero-order valence-corrected chi connectivity index (χ0v) is 12.4. The number of nitro groups is 1. The monoisotopic (exact) mass is 315 g/mol. The minimum atomic E-state index is -0.510. The number of non-ortho nitro benzene ring substituents is 1. The van der Waals surface area contributed by atoms with Crippen molar-refractivity contribution in [2.75, 3.05) is 18.5 Å². The Balaban J connectivity index is 1.67. The molecule has 0 aliphatic heterocycles. The molecule has 0 radical (unpaired) electrons. The van der Waals surface area contributed by atoms with Gasteiger partial charge in [0.15, 0.2) is 0 Å². The first-order chi connectivity index (χ1) is 11.1. The quantitative estimate of drug-likeness (QED) is 0.466. The van der Waals surface area contributed by atoms with Gasteiger partial charge in [-0.3, -0.25) is 10.1 Å². The Morgan fingerprint density at radius 2 is 1.91 bits per heavy atom. The fourth-order valence-electron chi connectivity index (χ4n) is 1.85. The van der Waals surface area contributed by atoms with Crippen LogP contribution in [0.2, 0.25) is 0 Å². The van der Waals surface area contributed by atoms with Crippen LogP contribution in [0.4, 0.5) is 16.2 Å². The molecule has 0 bridgehead atoms. The molecule has 2 rings (SSSR count). The number of amides is 2. The first-order valence-corrected chi connectivity index (χ1v) is 7.12. The summed E-state index contributed by atoms with van der Waals surface area (Å²) in [5.74, 6) is 0.786. The molecule has 0 aliphatic rings. The first kappa shape index (κ1) is 16.3. The molecule has 0 unspecified atom stereocenters. The molecule has 0 aromatic heterocycles. The fraction of sp³-hybridized carbons (Fsp3) is 0.188. The summed E-state index contributed by atoms with van der Waals surface area (Å²) in [4.78, 5) is 21.8. The molecule has 2 amide bonds. The van der Waals surface area contributed by atoms with E-state index in [0.29, 0.717) is 25.3 Å². The zero-order chi connectivity index (χ0) is 16.5. The van der Waals surface area contributed by atoms with Crippen molar-refractivity contribution in [3.63, 3.8) is 0 Å². The van der Waals surface area contributed by atoms with E-state index in [1.165, 1.54) is 18.2 Å². The van der Waals surface area contributed by atoms with Crippen LogP contribution < -0.4 is 15.4 Å². The van der Waals surface area contributed by atoms with E-state index in [1.807, 2.05) is 30.3 Å². The number of hydrogen-bond donors (Lipinski definition) is 2. The second-order valence-electron chi connectivity index (χ2n) is 4.70. The van der Waals surface area contributed by atoms with Crippen LogP contribution >= 0.6 is 0 Å². The Bertz CT molecular complexity index is 661. The highest BCUT2D eigenvalue weighted by Gasteiger charge is 2.07. The van der Waals surface area contributed by atoms with Crippen molar-refractivity contribution in [1.82, 2.24) is 5.32 Å². The van der Waals surface area contributed by atoms with Crippen molar-refractivity contribution in [2.45, 2.75) is 6.42 Å². The molecule has 2 aromatic carbocycles. The molecular weight excluding hydrogens is 298 g/mol. The summed E-state index contributed by atoms with van der Waals surface area (Å²) < 4.78 is 5.50. The van der Waals surface area contributed by atoms with Gasteiger partial charge in [-0.1, -0.05) is 24.3 Å². The minimum Gasteiger partial charge on any atom is -0.494 e. The highest BCUT2D eigenvalue weighted by molar-refractivity contribution is 5.89. The maximum atomic E-state index is 11.7. The third-order valence-corrected chi connectivity index (χ3v) is 2.93. The Labute approximate surface area is 133 Å². The fourth-order valence-corrected chi connectivity index (χ4v) is 1.85. The molecule has 23 heavy (non-hydrogen) atoms. The van der Waals surface area contributed by atoms with Gasteiger partial charge in [-0.05, 0) is 24.6 Å². The van der Waals surface area contributed by atoms with Crippen molar-refractivity contribution in [1.29, 1.82) is 0 Å². The molecule has 0 fully saturated rings. The third kappa shape index (κ3) is 5.66. The van der Waals surface area contributed by atoms with E-state index >= 15 is 0 Å². The third-order valence-electron chi connectivity index (χ3n) is 2.93. The summed E-state index contributed by atoms with van der Waals surface area (Å²) in [5, 5.41) is 15.9. The van der Waals surface area contributed by atoms with Gasteiger partial charge < -0.3 is 15.4 Å². The zero-order valence-electron chi connectivity index (χ0n) is 12.4. The molecule has 2 N–H and O–H groups in total. The summed E-state index contributed by atoms with van der Waals surface area (Å²) in [6, 6.07) is 14.8. The standard InChI is InChI=1S/C16H17N3O4/c20-16(18-13-6-4-7-14(12-13)19(21)22)17-10-5-11-23-15-8-2-1-3-9-15/h1-4,6-9,12H,5,10-11H2,(H2,17,18,20). The number of nitrogens with one attached hydrogen (secondary N) is 2. The van der Waals surface area contributed by atoms with E-state index in [9.17, 15) is 14.9 Å². The molecule has 7 nitrogen and oxygen atoms in total. The van der Waals surface area contributed by atoms with Crippen LogP contribution in [0, 0.1) is 10.1 Å². The van der Waals surface area contributed by atoms with Gasteiger partial charge in [-0.2, -0.15) is 0 Å².